The Hall–Kier alpha value is -1.09. The summed E-state index contributed by atoms with van der Waals surface area (Å²) in [5, 5.41) is 0. The molecule has 0 aliphatic carbocycles. The molecule has 0 heterocycles. The van der Waals surface area contributed by atoms with Crippen LogP contribution in [0.1, 0.15) is 88.1 Å². The molecule has 0 atom stereocenters. The highest BCUT2D eigenvalue weighted by Gasteiger charge is 2.27. The quantitative estimate of drug-likeness (QED) is 0.268. The third-order valence-electron chi connectivity index (χ3n) is 0.564. The minimum Gasteiger partial charge on any atom is -0.255 e. The molecule has 0 N–H and O–H groups in total. The van der Waals surface area contributed by atoms with Crippen molar-refractivity contribution in [2.75, 3.05) is 40.5 Å². The lowest BCUT2D eigenvalue weighted by Crippen LogP contribution is -2.08. The van der Waals surface area contributed by atoms with Crippen LogP contribution in [0.5, 0.6) is 0 Å². The predicted octanol–water partition coefficient (Wildman–Crippen LogP) is 13.4. The van der Waals surface area contributed by atoms with E-state index in [-0.39, 0.29) is 87.5 Å². The number of rotatable bonds is 1. The third kappa shape index (κ3) is 476. The fourth-order valence-electron chi connectivity index (χ4n) is 0. The highest BCUT2D eigenvalue weighted by Crippen LogP contribution is 2.14. The molecule has 0 unspecified atom stereocenters. The van der Waals surface area contributed by atoms with Crippen LogP contribution in [-0.2, 0) is 4.94 Å². The molecule has 0 radical (unpaired) electrons. The molecule has 16 heteroatoms. The third-order valence-corrected chi connectivity index (χ3v) is 0.564. The summed E-state index contributed by atoms with van der Waals surface area (Å²) in [6.07, 6.45) is -13.9. The molecule has 254 valence electrons. The molecule has 0 bridgehead atoms. The van der Waals surface area contributed by atoms with Crippen molar-refractivity contribution in [1.29, 1.82) is 0 Å². The monoisotopic (exact) mass is 612 g/mol. The van der Waals surface area contributed by atoms with Gasteiger partial charge in [0.05, 0.1) is 20.5 Å². The average molecular weight is 613 g/mol. The van der Waals surface area contributed by atoms with E-state index in [4.69, 9.17) is 0 Å². The summed E-state index contributed by atoms with van der Waals surface area (Å²) in [6, 6.07) is 0. The summed E-state index contributed by atoms with van der Waals surface area (Å²) in [5.74, 6) is 0. The lowest BCUT2D eigenvalue weighted by atomic mass is 10.8. The maximum atomic E-state index is 10.4. The molecule has 0 aliphatic heterocycles. The van der Waals surface area contributed by atoms with Crippen molar-refractivity contribution in [1.82, 2.24) is 0 Å². The molecule has 1 nitrogen and oxygen atoms in total. The molecule has 0 spiro atoms. The number of halogens is 15. The van der Waals surface area contributed by atoms with Crippen molar-refractivity contribution in [3.05, 3.63) is 0 Å². The van der Waals surface area contributed by atoms with Crippen molar-refractivity contribution in [3.8, 4) is 0 Å². The summed E-state index contributed by atoms with van der Waals surface area (Å²) in [4.78, 5) is 3.04. The van der Waals surface area contributed by atoms with Crippen LogP contribution in [0.15, 0.2) is 0 Å². The second-order valence-electron chi connectivity index (χ2n) is 2.91. The van der Waals surface area contributed by atoms with Crippen LogP contribution in [0.2, 0.25) is 0 Å². The second kappa shape index (κ2) is 76.5. The molecular formula is C21H59F15O. The molecule has 0 fully saturated rings. The largest absolute Gasteiger partial charge is 0.416 e. The zero-order valence-electron chi connectivity index (χ0n) is 14.1. The van der Waals surface area contributed by atoms with Crippen molar-refractivity contribution >= 4 is 0 Å². The Labute approximate surface area is 219 Å². The Balaban J connectivity index is -0.00000000993. The highest BCUT2D eigenvalue weighted by molar-refractivity contribution is 4.40. The number of hydrogen-bond acceptors (Lipinski definition) is 1. The van der Waals surface area contributed by atoms with Gasteiger partial charge < -0.3 is 0 Å². The molecule has 37 heavy (non-hydrogen) atoms. The maximum Gasteiger partial charge on any atom is 0.416 e. The highest BCUT2D eigenvalue weighted by atomic mass is 19.4. The Morgan fingerprint density at radius 3 is 0.486 bits per heavy atom. The normalized spacial score (nSPS) is 7.30. The van der Waals surface area contributed by atoms with Crippen molar-refractivity contribution < 1.29 is 70.9 Å². The summed E-state index contributed by atoms with van der Waals surface area (Å²) in [5.41, 5.74) is 0. The molecule has 0 amide bonds. The van der Waals surface area contributed by atoms with Gasteiger partial charge >= 0.3 is 18.5 Å². The SMILES string of the molecule is C.C.C.C.C.C.C.C.C.C.CCF.CCOF.CF.FCC(F)(F)F.FCC(F)(F)F.FCC(F)(F)F. The first kappa shape index (κ1) is 110. The van der Waals surface area contributed by atoms with Gasteiger partial charge in [-0.25, -0.2) is 13.2 Å². The Kier molecular flexibility index (Phi) is 228. The van der Waals surface area contributed by atoms with Crippen LogP contribution in [0.25, 0.3) is 0 Å². The summed E-state index contributed by atoms with van der Waals surface area (Å²) in [6.45, 7) is -3.74. The van der Waals surface area contributed by atoms with E-state index >= 15 is 0 Å². The van der Waals surface area contributed by atoms with Crippen LogP contribution in [0, 0.1) is 0 Å². The van der Waals surface area contributed by atoms with E-state index in [1.807, 2.05) is 0 Å². The maximum absolute atomic E-state index is 10.4. The van der Waals surface area contributed by atoms with Crippen LogP contribution in [0.3, 0.4) is 0 Å². The van der Waals surface area contributed by atoms with E-state index in [1.54, 1.807) is 6.92 Å². The second-order valence-corrected chi connectivity index (χ2v) is 2.91. The molecule has 0 rings (SSSR count). The van der Waals surface area contributed by atoms with E-state index < -0.39 is 38.6 Å². The first-order valence-corrected chi connectivity index (χ1v) is 6.07. The van der Waals surface area contributed by atoms with Crippen molar-refractivity contribution in [2.24, 2.45) is 0 Å². The van der Waals surface area contributed by atoms with Gasteiger partial charge in [-0.05, 0) is 18.4 Å². The van der Waals surface area contributed by atoms with Crippen molar-refractivity contribution in [3.63, 3.8) is 0 Å². The molecule has 0 saturated carbocycles. The van der Waals surface area contributed by atoms with Gasteiger partial charge in [0.2, 0.25) is 0 Å². The molecular weight excluding hydrogens is 553 g/mol. The van der Waals surface area contributed by atoms with Gasteiger partial charge in [-0.15, -0.1) is 0 Å². The predicted molar refractivity (Wildman–Crippen MR) is 135 cm³/mol. The molecule has 0 saturated heterocycles. The lowest BCUT2D eigenvalue weighted by molar-refractivity contribution is -0.142. The molecule has 0 aliphatic rings. The van der Waals surface area contributed by atoms with Gasteiger partial charge in [0, 0.05) is 0 Å². The lowest BCUT2D eigenvalue weighted by Gasteiger charge is -1.93. The van der Waals surface area contributed by atoms with Gasteiger partial charge in [-0.1, -0.05) is 74.3 Å². The summed E-state index contributed by atoms with van der Waals surface area (Å²) >= 11 is 0. The van der Waals surface area contributed by atoms with Crippen LogP contribution < -0.4 is 0 Å². The van der Waals surface area contributed by atoms with Gasteiger partial charge in [-0.3, -0.25) is 8.78 Å². The van der Waals surface area contributed by atoms with Crippen molar-refractivity contribution in [2.45, 2.75) is 107 Å². The first-order chi connectivity index (χ1) is 12.0. The molecule has 0 aromatic heterocycles. The van der Waals surface area contributed by atoms with E-state index in [1.165, 1.54) is 6.92 Å². The first-order valence-electron chi connectivity index (χ1n) is 6.07. The molecule has 0 aromatic carbocycles. The van der Waals surface area contributed by atoms with E-state index in [9.17, 15) is 66.0 Å². The standard InChI is InChI=1S/3C2H2F4.C2H5FO.C2H5F.CH3F.10CH4/c3*3-1-2(4,5)6;1-2-4-3;1-2-3;1-2;;;;;;;;;;/h3*1H2;2H2,1H3;2H2,1H3;1H3;10*1H4. The van der Waals surface area contributed by atoms with Gasteiger partial charge in [0.25, 0.3) is 0 Å². The van der Waals surface area contributed by atoms with E-state index in [2.05, 4.69) is 4.94 Å². The minimum absolute atomic E-state index is 0. The minimum atomic E-state index is -4.62. The fraction of sp³-hybridized carbons (Fsp3) is 1.00. The number of hydrogen-bond donors (Lipinski definition) is 0. The Morgan fingerprint density at radius 2 is 0.486 bits per heavy atom. The van der Waals surface area contributed by atoms with Gasteiger partial charge in [0.1, 0.15) is 0 Å². The smallest absolute Gasteiger partial charge is 0.255 e. The molecule has 0 aromatic rings. The summed E-state index contributed by atoms with van der Waals surface area (Å²) < 4.78 is 155. The topological polar surface area (TPSA) is 9.23 Å². The Morgan fingerprint density at radius 1 is 0.432 bits per heavy atom. The fourth-order valence-corrected chi connectivity index (χ4v) is 0. The average Bonchev–Trinajstić information content (AvgIpc) is 2.57. The zero-order chi connectivity index (χ0) is 23.7. The number of alkyl halides is 14. The van der Waals surface area contributed by atoms with E-state index in [0.717, 1.165) is 0 Å². The van der Waals surface area contributed by atoms with Gasteiger partial charge in [-0.2, -0.15) is 44.5 Å². The Bertz CT molecular complexity index is 198. The van der Waals surface area contributed by atoms with Crippen LogP contribution >= 0.6 is 0 Å². The van der Waals surface area contributed by atoms with E-state index in [0.29, 0.717) is 7.18 Å². The summed E-state index contributed by atoms with van der Waals surface area (Å²) in [7, 11) is 0.500. The zero-order valence-corrected chi connectivity index (χ0v) is 14.1. The van der Waals surface area contributed by atoms with Crippen LogP contribution in [-0.4, -0.2) is 59.0 Å². The van der Waals surface area contributed by atoms with Crippen LogP contribution in [0.4, 0.5) is 66.0 Å². The van der Waals surface area contributed by atoms with Gasteiger partial charge in [0.15, 0.2) is 20.0 Å².